The number of hydrogen-bond donors (Lipinski definition) is 0. The molecule has 30 heavy (non-hydrogen) atoms. The number of benzene rings is 2. The van der Waals surface area contributed by atoms with Crippen molar-refractivity contribution in [3.05, 3.63) is 60.2 Å². The van der Waals surface area contributed by atoms with Crippen molar-refractivity contribution in [2.24, 2.45) is 5.92 Å². The number of amides is 1. The van der Waals surface area contributed by atoms with Crippen molar-refractivity contribution in [1.29, 1.82) is 0 Å². The summed E-state index contributed by atoms with van der Waals surface area (Å²) in [6.45, 7) is 2.95. The van der Waals surface area contributed by atoms with Gasteiger partial charge in [-0.15, -0.1) is 0 Å². The first kappa shape index (κ1) is 22.2. The van der Waals surface area contributed by atoms with E-state index in [1.54, 1.807) is 36.1 Å². The van der Waals surface area contributed by atoms with Crippen molar-refractivity contribution >= 4 is 21.6 Å². The number of carbonyl (C=O) groups excluding carboxylic acids is 1. The van der Waals surface area contributed by atoms with Crippen LogP contribution in [0.2, 0.25) is 0 Å². The van der Waals surface area contributed by atoms with E-state index in [4.69, 9.17) is 4.74 Å². The smallest absolute Gasteiger partial charge is 0.246 e. The zero-order valence-corrected chi connectivity index (χ0v) is 18.6. The fourth-order valence-electron chi connectivity index (χ4n) is 4.12. The number of anilines is 1. The molecule has 0 bridgehead atoms. The van der Waals surface area contributed by atoms with Crippen molar-refractivity contribution < 1.29 is 17.9 Å². The maximum atomic E-state index is 13.2. The molecule has 0 saturated carbocycles. The Morgan fingerprint density at radius 1 is 1.13 bits per heavy atom. The van der Waals surface area contributed by atoms with Crippen LogP contribution in [0.4, 0.5) is 5.69 Å². The first-order valence-electron chi connectivity index (χ1n) is 10.3. The van der Waals surface area contributed by atoms with E-state index in [0.29, 0.717) is 30.4 Å². The minimum atomic E-state index is -3.65. The normalized spacial score (nSPS) is 16.2. The van der Waals surface area contributed by atoms with Crippen molar-refractivity contribution in [3.63, 3.8) is 0 Å². The third-order valence-electron chi connectivity index (χ3n) is 5.67. The van der Waals surface area contributed by atoms with E-state index in [0.717, 1.165) is 25.5 Å². The monoisotopic (exact) mass is 430 g/mol. The quantitative estimate of drug-likeness (QED) is 0.676. The third kappa shape index (κ3) is 5.33. The standard InChI is InChI=1S/C23H30N2O4S/c1-18(25(30(3,27)28)21-10-7-11-22(17-21)29-2)23(26)24-14-12-20(13-15-24)16-19-8-5-4-6-9-19/h4-11,17-18,20H,12-16H2,1-3H3. The van der Waals surface area contributed by atoms with Gasteiger partial charge in [-0.2, -0.15) is 0 Å². The molecular weight excluding hydrogens is 400 g/mol. The number of methoxy groups -OCH3 is 1. The minimum absolute atomic E-state index is 0.165. The molecule has 1 atom stereocenters. The molecule has 3 rings (SSSR count). The molecule has 1 aliphatic rings. The average molecular weight is 431 g/mol. The highest BCUT2D eigenvalue weighted by molar-refractivity contribution is 7.92. The van der Waals surface area contributed by atoms with Gasteiger partial charge in [-0.1, -0.05) is 36.4 Å². The lowest BCUT2D eigenvalue weighted by Crippen LogP contribution is -2.51. The predicted octanol–water partition coefficient (Wildman–Crippen LogP) is 3.33. The van der Waals surface area contributed by atoms with Gasteiger partial charge in [0.15, 0.2) is 0 Å². The molecule has 1 aliphatic heterocycles. The van der Waals surface area contributed by atoms with Gasteiger partial charge in [-0.3, -0.25) is 9.10 Å². The molecule has 0 aliphatic carbocycles. The molecule has 6 nitrogen and oxygen atoms in total. The Balaban J connectivity index is 1.68. The lowest BCUT2D eigenvalue weighted by Gasteiger charge is -2.36. The van der Waals surface area contributed by atoms with Crippen LogP contribution in [-0.4, -0.2) is 51.7 Å². The largest absolute Gasteiger partial charge is 0.497 e. The van der Waals surface area contributed by atoms with E-state index in [2.05, 4.69) is 12.1 Å². The van der Waals surface area contributed by atoms with Gasteiger partial charge < -0.3 is 9.64 Å². The van der Waals surface area contributed by atoms with Gasteiger partial charge >= 0.3 is 0 Å². The highest BCUT2D eigenvalue weighted by Crippen LogP contribution is 2.27. The molecule has 0 radical (unpaired) electrons. The highest BCUT2D eigenvalue weighted by atomic mass is 32.2. The van der Waals surface area contributed by atoms with Crippen LogP contribution in [0.25, 0.3) is 0 Å². The number of ether oxygens (including phenoxy) is 1. The van der Waals surface area contributed by atoms with Crippen LogP contribution >= 0.6 is 0 Å². The maximum Gasteiger partial charge on any atom is 0.246 e. The number of hydrogen-bond acceptors (Lipinski definition) is 4. The van der Waals surface area contributed by atoms with Gasteiger partial charge in [0, 0.05) is 19.2 Å². The lowest BCUT2D eigenvalue weighted by atomic mass is 9.90. The summed E-state index contributed by atoms with van der Waals surface area (Å²) in [5.41, 5.74) is 1.74. The van der Waals surface area contributed by atoms with Crippen LogP contribution in [0.3, 0.4) is 0 Å². The fraction of sp³-hybridized carbons (Fsp3) is 0.435. The highest BCUT2D eigenvalue weighted by Gasteiger charge is 2.33. The number of carbonyl (C=O) groups is 1. The summed E-state index contributed by atoms with van der Waals surface area (Å²) in [6, 6.07) is 16.3. The molecule has 2 aromatic carbocycles. The maximum absolute atomic E-state index is 13.2. The molecule has 1 unspecified atom stereocenters. The number of piperidine rings is 1. The van der Waals surface area contributed by atoms with Crippen LogP contribution in [0.15, 0.2) is 54.6 Å². The van der Waals surface area contributed by atoms with Crippen molar-refractivity contribution in [1.82, 2.24) is 4.90 Å². The van der Waals surface area contributed by atoms with E-state index < -0.39 is 16.1 Å². The second-order valence-electron chi connectivity index (χ2n) is 7.89. The summed E-state index contributed by atoms with van der Waals surface area (Å²) in [7, 11) is -2.12. The summed E-state index contributed by atoms with van der Waals surface area (Å²) in [5.74, 6) is 0.917. The molecule has 2 aromatic rings. The molecule has 0 N–H and O–H groups in total. The van der Waals surface area contributed by atoms with Gasteiger partial charge in [0.25, 0.3) is 0 Å². The van der Waals surface area contributed by atoms with Crippen molar-refractivity contribution in [2.75, 3.05) is 30.8 Å². The first-order chi connectivity index (χ1) is 14.3. The summed E-state index contributed by atoms with van der Waals surface area (Å²) in [5, 5.41) is 0. The number of nitrogens with zero attached hydrogens (tertiary/aromatic N) is 2. The molecule has 1 heterocycles. The van der Waals surface area contributed by atoms with Crippen molar-refractivity contribution in [3.8, 4) is 5.75 Å². The summed E-state index contributed by atoms with van der Waals surface area (Å²) >= 11 is 0. The zero-order chi connectivity index (χ0) is 21.7. The van der Waals surface area contributed by atoms with Crippen molar-refractivity contribution in [2.45, 2.75) is 32.2 Å². The lowest BCUT2D eigenvalue weighted by molar-refractivity contribution is -0.133. The zero-order valence-electron chi connectivity index (χ0n) is 17.8. The van der Waals surface area contributed by atoms with Gasteiger partial charge in [0.1, 0.15) is 11.8 Å². The van der Waals surface area contributed by atoms with Crippen LogP contribution in [-0.2, 0) is 21.2 Å². The Labute approximate surface area is 179 Å². The van der Waals surface area contributed by atoms with Gasteiger partial charge in [-0.05, 0) is 49.8 Å². The Morgan fingerprint density at radius 2 is 1.80 bits per heavy atom. The fourth-order valence-corrected chi connectivity index (χ4v) is 5.28. The van der Waals surface area contributed by atoms with Crippen LogP contribution in [0.1, 0.15) is 25.3 Å². The minimum Gasteiger partial charge on any atom is -0.497 e. The third-order valence-corrected chi connectivity index (χ3v) is 6.91. The Hall–Kier alpha value is -2.54. The van der Waals surface area contributed by atoms with Crippen LogP contribution in [0.5, 0.6) is 5.75 Å². The Bertz CT molecular complexity index is 954. The Morgan fingerprint density at radius 3 is 2.40 bits per heavy atom. The van der Waals surface area contributed by atoms with E-state index >= 15 is 0 Å². The number of likely N-dealkylation sites (tertiary alicyclic amines) is 1. The molecule has 162 valence electrons. The molecule has 1 fully saturated rings. The first-order valence-corrected chi connectivity index (χ1v) is 12.1. The van der Waals surface area contributed by atoms with E-state index in [1.807, 2.05) is 18.2 Å². The van der Waals surface area contributed by atoms with Crippen LogP contribution < -0.4 is 9.04 Å². The molecule has 1 amide bonds. The second-order valence-corrected chi connectivity index (χ2v) is 9.75. The van der Waals surface area contributed by atoms with Gasteiger partial charge in [0.2, 0.25) is 15.9 Å². The molecule has 1 saturated heterocycles. The Kier molecular flexibility index (Phi) is 7.02. The SMILES string of the molecule is COc1cccc(N(C(C)C(=O)N2CCC(Cc3ccccc3)CC2)S(C)(=O)=O)c1. The summed E-state index contributed by atoms with van der Waals surface area (Å²) in [4.78, 5) is 15.0. The second kappa shape index (κ2) is 9.51. The molecular formula is C23H30N2O4S. The summed E-state index contributed by atoms with van der Waals surface area (Å²) < 4.78 is 31.5. The topological polar surface area (TPSA) is 66.9 Å². The van der Waals surface area contributed by atoms with Gasteiger partial charge in [-0.25, -0.2) is 8.42 Å². The molecule has 0 spiro atoms. The molecule has 0 aromatic heterocycles. The predicted molar refractivity (Wildman–Crippen MR) is 119 cm³/mol. The van der Waals surface area contributed by atoms with Gasteiger partial charge in [0.05, 0.1) is 19.1 Å². The van der Waals surface area contributed by atoms with E-state index in [-0.39, 0.29) is 5.91 Å². The average Bonchev–Trinajstić information content (AvgIpc) is 2.74. The number of sulfonamides is 1. The van der Waals surface area contributed by atoms with E-state index in [9.17, 15) is 13.2 Å². The number of rotatable bonds is 7. The molecule has 7 heteroatoms. The van der Waals surface area contributed by atoms with Crippen LogP contribution in [0, 0.1) is 5.92 Å². The van der Waals surface area contributed by atoms with E-state index in [1.165, 1.54) is 17.0 Å². The summed E-state index contributed by atoms with van der Waals surface area (Å²) in [6.07, 6.45) is 3.98.